The van der Waals surface area contributed by atoms with Crippen LogP contribution in [0.4, 0.5) is 11.4 Å². The average molecular weight is 404 g/mol. The lowest BCUT2D eigenvalue weighted by Gasteiger charge is -2.34. The number of carbonyl (C=O) groups excluding carboxylic acids is 2. The first kappa shape index (κ1) is 19.7. The zero-order valence-corrected chi connectivity index (χ0v) is 16.2. The summed E-state index contributed by atoms with van der Waals surface area (Å²) in [6.07, 6.45) is -1.04. The third-order valence-corrected chi connectivity index (χ3v) is 6.03. The van der Waals surface area contributed by atoms with Crippen LogP contribution in [0.3, 0.4) is 0 Å². The SMILES string of the molecule is CCS(=O)(=O)N1CC(C(=O)Nc2cccc(C(=O)OC)c2)Oc2ccccc21. The number of hydrogen-bond acceptors (Lipinski definition) is 6. The minimum Gasteiger partial charge on any atom is -0.476 e. The van der Waals surface area contributed by atoms with Crippen LogP contribution in [-0.2, 0) is 19.6 Å². The van der Waals surface area contributed by atoms with Crippen LogP contribution in [0.1, 0.15) is 17.3 Å². The highest BCUT2D eigenvalue weighted by molar-refractivity contribution is 7.92. The Labute approximate surface area is 163 Å². The van der Waals surface area contributed by atoms with Crippen molar-refractivity contribution < 1.29 is 27.5 Å². The van der Waals surface area contributed by atoms with Crippen LogP contribution in [0.25, 0.3) is 0 Å². The van der Waals surface area contributed by atoms with Gasteiger partial charge < -0.3 is 14.8 Å². The Morgan fingerprint density at radius 1 is 1.21 bits per heavy atom. The summed E-state index contributed by atoms with van der Waals surface area (Å²) in [4.78, 5) is 24.4. The fraction of sp³-hybridized carbons (Fsp3) is 0.263. The molecule has 28 heavy (non-hydrogen) atoms. The zero-order valence-electron chi connectivity index (χ0n) is 15.4. The quantitative estimate of drug-likeness (QED) is 0.765. The fourth-order valence-corrected chi connectivity index (χ4v) is 3.95. The van der Waals surface area contributed by atoms with Gasteiger partial charge in [-0.15, -0.1) is 0 Å². The number of rotatable bonds is 5. The number of para-hydroxylation sites is 2. The number of methoxy groups -OCH3 is 1. The Balaban J connectivity index is 1.84. The number of benzene rings is 2. The molecule has 2 aromatic rings. The molecule has 2 aromatic carbocycles. The van der Waals surface area contributed by atoms with E-state index in [2.05, 4.69) is 10.1 Å². The molecule has 3 rings (SSSR count). The molecule has 0 spiro atoms. The standard InChI is InChI=1S/C19H20N2O6S/c1-3-28(24,25)21-12-17(27-16-10-5-4-9-15(16)21)18(22)20-14-8-6-7-13(11-14)19(23)26-2/h4-11,17H,3,12H2,1-2H3,(H,20,22). The molecule has 1 atom stereocenters. The third kappa shape index (κ3) is 3.94. The highest BCUT2D eigenvalue weighted by atomic mass is 32.2. The van der Waals surface area contributed by atoms with Gasteiger partial charge in [0.1, 0.15) is 5.75 Å². The van der Waals surface area contributed by atoms with E-state index in [1.165, 1.54) is 17.5 Å². The van der Waals surface area contributed by atoms with Gasteiger partial charge >= 0.3 is 5.97 Å². The minimum absolute atomic E-state index is 0.100. The van der Waals surface area contributed by atoms with Gasteiger partial charge in [0.05, 0.1) is 30.7 Å². The van der Waals surface area contributed by atoms with Crippen molar-refractivity contribution in [3.8, 4) is 5.75 Å². The van der Waals surface area contributed by atoms with E-state index in [0.717, 1.165) is 0 Å². The van der Waals surface area contributed by atoms with Gasteiger partial charge in [0.2, 0.25) is 10.0 Å². The van der Waals surface area contributed by atoms with E-state index in [4.69, 9.17) is 4.74 Å². The number of nitrogens with zero attached hydrogens (tertiary/aromatic N) is 1. The van der Waals surface area contributed by atoms with Crippen molar-refractivity contribution >= 4 is 33.3 Å². The molecule has 148 valence electrons. The van der Waals surface area contributed by atoms with Gasteiger partial charge in [-0.3, -0.25) is 9.10 Å². The molecule has 0 aromatic heterocycles. The molecule has 1 aliphatic heterocycles. The Hall–Kier alpha value is -3.07. The fourth-order valence-electron chi connectivity index (χ4n) is 2.82. The zero-order chi connectivity index (χ0) is 20.3. The van der Waals surface area contributed by atoms with Gasteiger partial charge in [-0.05, 0) is 37.3 Å². The number of esters is 1. The molecule has 0 saturated heterocycles. The number of nitrogens with one attached hydrogen (secondary N) is 1. The van der Waals surface area contributed by atoms with Crippen molar-refractivity contribution in [1.82, 2.24) is 0 Å². The maximum Gasteiger partial charge on any atom is 0.337 e. The van der Waals surface area contributed by atoms with Gasteiger partial charge in [-0.25, -0.2) is 13.2 Å². The molecule has 0 bridgehead atoms. The molecular formula is C19H20N2O6S. The lowest BCUT2D eigenvalue weighted by atomic mass is 10.2. The first-order valence-corrected chi connectivity index (χ1v) is 10.2. The molecule has 8 nitrogen and oxygen atoms in total. The third-order valence-electron chi connectivity index (χ3n) is 4.28. The van der Waals surface area contributed by atoms with Crippen molar-refractivity contribution in [3.63, 3.8) is 0 Å². The molecular weight excluding hydrogens is 384 g/mol. The smallest absolute Gasteiger partial charge is 0.337 e. The van der Waals surface area contributed by atoms with E-state index in [1.54, 1.807) is 49.4 Å². The average Bonchev–Trinajstić information content (AvgIpc) is 2.72. The normalized spacial score (nSPS) is 15.9. The van der Waals surface area contributed by atoms with Crippen molar-refractivity contribution in [2.45, 2.75) is 13.0 Å². The summed E-state index contributed by atoms with van der Waals surface area (Å²) in [6, 6.07) is 12.9. The predicted molar refractivity (Wildman–Crippen MR) is 104 cm³/mol. The predicted octanol–water partition coefficient (Wildman–Crippen LogP) is 2.03. The molecule has 1 aliphatic rings. The van der Waals surface area contributed by atoms with Crippen molar-refractivity contribution in [1.29, 1.82) is 0 Å². The lowest BCUT2D eigenvalue weighted by molar-refractivity contribution is -0.122. The van der Waals surface area contributed by atoms with Gasteiger partial charge in [0, 0.05) is 5.69 Å². The summed E-state index contributed by atoms with van der Waals surface area (Å²) >= 11 is 0. The summed E-state index contributed by atoms with van der Waals surface area (Å²) in [6.45, 7) is 1.40. The van der Waals surface area contributed by atoms with E-state index < -0.39 is 28.0 Å². The number of ether oxygens (including phenoxy) is 2. The maximum atomic E-state index is 12.7. The molecule has 1 heterocycles. The number of amides is 1. The minimum atomic E-state index is -3.58. The molecule has 0 aliphatic carbocycles. The summed E-state index contributed by atoms with van der Waals surface area (Å²) in [5, 5.41) is 2.66. The van der Waals surface area contributed by atoms with E-state index in [-0.39, 0.29) is 17.9 Å². The van der Waals surface area contributed by atoms with Crippen LogP contribution in [0.5, 0.6) is 5.75 Å². The number of hydrogen-bond donors (Lipinski definition) is 1. The maximum absolute atomic E-state index is 12.7. The van der Waals surface area contributed by atoms with E-state index in [1.807, 2.05) is 0 Å². The summed E-state index contributed by atoms with van der Waals surface area (Å²) in [5.74, 6) is -0.835. The van der Waals surface area contributed by atoms with Gasteiger partial charge in [0.25, 0.3) is 5.91 Å². The number of carbonyl (C=O) groups is 2. The molecule has 0 radical (unpaired) electrons. The van der Waals surface area contributed by atoms with Crippen LogP contribution in [0.2, 0.25) is 0 Å². The summed E-state index contributed by atoms with van der Waals surface area (Å²) < 4.78 is 36.6. The summed E-state index contributed by atoms with van der Waals surface area (Å²) in [5.41, 5.74) is 1.06. The molecule has 9 heteroatoms. The lowest BCUT2D eigenvalue weighted by Crippen LogP contribution is -2.49. The van der Waals surface area contributed by atoms with E-state index >= 15 is 0 Å². The number of sulfonamides is 1. The second kappa shape index (κ2) is 7.89. The van der Waals surface area contributed by atoms with Gasteiger partial charge in [0.15, 0.2) is 6.10 Å². The number of fused-ring (bicyclic) bond motifs is 1. The molecule has 1 amide bonds. The first-order valence-electron chi connectivity index (χ1n) is 8.61. The van der Waals surface area contributed by atoms with Gasteiger partial charge in [-0.2, -0.15) is 0 Å². The highest BCUT2D eigenvalue weighted by Gasteiger charge is 2.35. The van der Waals surface area contributed by atoms with Crippen LogP contribution < -0.4 is 14.4 Å². The van der Waals surface area contributed by atoms with Crippen LogP contribution in [-0.4, -0.2) is 45.8 Å². The Bertz CT molecular complexity index is 1000. The van der Waals surface area contributed by atoms with Crippen LogP contribution in [0, 0.1) is 0 Å². The Morgan fingerprint density at radius 2 is 1.96 bits per heavy atom. The first-order chi connectivity index (χ1) is 13.4. The van der Waals surface area contributed by atoms with E-state index in [0.29, 0.717) is 17.1 Å². The molecule has 1 unspecified atom stereocenters. The number of anilines is 2. The van der Waals surface area contributed by atoms with E-state index in [9.17, 15) is 18.0 Å². The monoisotopic (exact) mass is 404 g/mol. The second-order valence-corrected chi connectivity index (χ2v) is 8.25. The topological polar surface area (TPSA) is 102 Å². The largest absolute Gasteiger partial charge is 0.476 e. The molecule has 0 fully saturated rings. The van der Waals surface area contributed by atoms with Crippen molar-refractivity contribution in [2.75, 3.05) is 29.0 Å². The molecule has 1 N–H and O–H groups in total. The van der Waals surface area contributed by atoms with Crippen LogP contribution >= 0.6 is 0 Å². The Morgan fingerprint density at radius 3 is 2.68 bits per heavy atom. The van der Waals surface area contributed by atoms with Crippen molar-refractivity contribution in [3.05, 3.63) is 54.1 Å². The highest BCUT2D eigenvalue weighted by Crippen LogP contribution is 2.35. The Kier molecular flexibility index (Phi) is 5.55. The van der Waals surface area contributed by atoms with Gasteiger partial charge in [-0.1, -0.05) is 18.2 Å². The molecule has 0 saturated carbocycles. The second-order valence-electron chi connectivity index (χ2n) is 6.07. The van der Waals surface area contributed by atoms with Crippen LogP contribution in [0.15, 0.2) is 48.5 Å². The summed E-state index contributed by atoms with van der Waals surface area (Å²) in [7, 11) is -2.32. The van der Waals surface area contributed by atoms with Crippen molar-refractivity contribution in [2.24, 2.45) is 0 Å².